The smallest absolute Gasteiger partial charge is 0.338 e. The van der Waals surface area contributed by atoms with E-state index in [1.54, 1.807) is 6.07 Å². The molecule has 0 unspecified atom stereocenters. The van der Waals surface area contributed by atoms with E-state index in [1.807, 2.05) is 30.3 Å². The number of ether oxygens (including phenoxy) is 2. The first-order chi connectivity index (χ1) is 11.2. The largest absolute Gasteiger partial charge is 0.465 e. The molecule has 0 bridgehead atoms. The average Bonchev–Trinajstić information content (AvgIpc) is 2.57. The van der Waals surface area contributed by atoms with Gasteiger partial charge in [0.2, 0.25) is 0 Å². The highest BCUT2D eigenvalue weighted by atomic mass is 16.6. The molecule has 0 spiro atoms. The number of carbonyl (C=O) groups excluding carboxylic acids is 2. The van der Waals surface area contributed by atoms with Gasteiger partial charge in [-0.15, -0.1) is 0 Å². The third-order valence-corrected chi connectivity index (χ3v) is 4.33. The van der Waals surface area contributed by atoms with Crippen molar-refractivity contribution in [2.75, 3.05) is 13.7 Å². The molecule has 5 heteroatoms. The molecule has 1 aliphatic rings. The van der Waals surface area contributed by atoms with Crippen molar-refractivity contribution in [2.45, 2.75) is 18.9 Å². The maximum absolute atomic E-state index is 11.9. The number of methoxy groups -OCH3 is 1. The van der Waals surface area contributed by atoms with Gasteiger partial charge in [-0.2, -0.15) is 0 Å². The summed E-state index contributed by atoms with van der Waals surface area (Å²) in [7, 11) is 1.37. The normalized spacial score (nSPS) is 20.0. The zero-order valence-electron chi connectivity index (χ0n) is 12.8. The molecule has 2 aromatic carbocycles. The molecule has 120 valence electrons. The molecule has 2 aromatic rings. The van der Waals surface area contributed by atoms with Crippen LogP contribution >= 0.6 is 0 Å². The van der Waals surface area contributed by atoms with Crippen LogP contribution in [0.5, 0.6) is 0 Å². The van der Waals surface area contributed by atoms with Gasteiger partial charge in [0.1, 0.15) is 12.0 Å². The third kappa shape index (κ3) is 2.80. The van der Waals surface area contributed by atoms with Crippen molar-refractivity contribution >= 4 is 22.7 Å². The maximum Gasteiger partial charge on any atom is 0.338 e. The fraction of sp³-hybridized carbons (Fsp3) is 0.333. The number of hydrogen-bond acceptors (Lipinski definition) is 5. The molecular formula is C18H18O5. The van der Waals surface area contributed by atoms with Gasteiger partial charge in [-0.3, -0.25) is 4.79 Å². The van der Waals surface area contributed by atoms with Gasteiger partial charge >= 0.3 is 11.9 Å². The molecule has 1 fully saturated rings. The molecule has 3 rings (SSSR count). The van der Waals surface area contributed by atoms with Gasteiger partial charge in [-0.05, 0) is 35.2 Å². The second-order valence-corrected chi connectivity index (χ2v) is 5.61. The number of aliphatic hydroxyl groups excluding tert-OH is 1. The van der Waals surface area contributed by atoms with Crippen LogP contribution in [-0.4, -0.2) is 36.9 Å². The second kappa shape index (κ2) is 6.38. The lowest BCUT2D eigenvalue weighted by Crippen LogP contribution is -2.47. The number of aryl methyl sites for hydroxylation is 1. The van der Waals surface area contributed by atoms with Crippen LogP contribution in [0.15, 0.2) is 36.4 Å². The number of aliphatic hydroxyl groups is 1. The minimum atomic E-state index is -0.407. The molecule has 1 saturated heterocycles. The second-order valence-electron chi connectivity index (χ2n) is 5.61. The standard InChI is InChI=1S/C18H18O5/c1-22-17(20)14-8-6-11(12-4-2-3-5-13(12)14)7-9-16-15(10-19)18(21)23-16/h2-6,8,15-16,19H,7,9-10H2,1H3/t15-,16-/m0/s1. The van der Waals surface area contributed by atoms with Gasteiger partial charge in [0.15, 0.2) is 0 Å². The Kier molecular flexibility index (Phi) is 4.30. The predicted molar refractivity (Wildman–Crippen MR) is 84.1 cm³/mol. The van der Waals surface area contributed by atoms with Crippen molar-refractivity contribution in [3.63, 3.8) is 0 Å². The first kappa shape index (κ1) is 15.5. The molecule has 2 atom stereocenters. The topological polar surface area (TPSA) is 72.8 Å². The van der Waals surface area contributed by atoms with E-state index in [-0.39, 0.29) is 24.6 Å². The lowest BCUT2D eigenvalue weighted by Gasteiger charge is -2.34. The summed E-state index contributed by atoms with van der Waals surface area (Å²) in [5.74, 6) is -1.10. The lowest BCUT2D eigenvalue weighted by molar-refractivity contribution is -0.188. The van der Waals surface area contributed by atoms with Crippen LogP contribution in [-0.2, 0) is 20.7 Å². The average molecular weight is 314 g/mol. The Labute approximate surface area is 133 Å². The van der Waals surface area contributed by atoms with Crippen molar-refractivity contribution < 1.29 is 24.2 Å². The molecule has 0 aliphatic carbocycles. The Balaban J connectivity index is 1.85. The van der Waals surface area contributed by atoms with Crippen LogP contribution in [0.2, 0.25) is 0 Å². The van der Waals surface area contributed by atoms with Gasteiger partial charge in [-0.25, -0.2) is 4.79 Å². The summed E-state index contributed by atoms with van der Waals surface area (Å²) in [6, 6.07) is 11.3. The fourth-order valence-corrected chi connectivity index (χ4v) is 3.02. The van der Waals surface area contributed by atoms with E-state index in [0.717, 1.165) is 16.3 Å². The zero-order chi connectivity index (χ0) is 16.4. The van der Waals surface area contributed by atoms with Gasteiger partial charge in [0.25, 0.3) is 0 Å². The predicted octanol–water partition coefficient (Wildman–Crippen LogP) is 2.09. The molecule has 1 N–H and O–H groups in total. The van der Waals surface area contributed by atoms with Crippen LogP contribution in [0.3, 0.4) is 0 Å². The van der Waals surface area contributed by atoms with E-state index >= 15 is 0 Å². The summed E-state index contributed by atoms with van der Waals surface area (Å²) in [5, 5.41) is 11.0. The Morgan fingerprint density at radius 1 is 1.22 bits per heavy atom. The van der Waals surface area contributed by atoms with Crippen LogP contribution < -0.4 is 0 Å². The highest BCUT2D eigenvalue weighted by Crippen LogP contribution is 2.29. The number of rotatable bonds is 5. The van der Waals surface area contributed by atoms with E-state index in [1.165, 1.54) is 7.11 Å². The monoisotopic (exact) mass is 314 g/mol. The van der Waals surface area contributed by atoms with E-state index in [4.69, 9.17) is 14.6 Å². The molecule has 0 saturated carbocycles. The fourth-order valence-electron chi connectivity index (χ4n) is 3.02. The van der Waals surface area contributed by atoms with Crippen molar-refractivity contribution in [3.05, 3.63) is 47.5 Å². The molecular weight excluding hydrogens is 296 g/mol. The van der Waals surface area contributed by atoms with Gasteiger partial charge in [0.05, 0.1) is 19.3 Å². The van der Waals surface area contributed by atoms with E-state index in [0.29, 0.717) is 18.4 Å². The number of hydrogen-bond donors (Lipinski definition) is 1. The molecule has 0 amide bonds. The number of carbonyl (C=O) groups is 2. The van der Waals surface area contributed by atoms with Crippen molar-refractivity contribution in [1.82, 2.24) is 0 Å². The summed E-state index contributed by atoms with van der Waals surface area (Å²) in [5.41, 5.74) is 1.61. The lowest BCUT2D eigenvalue weighted by atomic mass is 9.90. The summed E-state index contributed by atoms with van der Waals surface area (Å²) in [6.07, 6.45) is 1.13. The van der Waals surface area contributed by atoms with Crippen LogP contribution in [0.4, 0.5) is 0 Å². The van der Waals surface area contributed by atoms with Gasteiger partial charge in [0, 0.05) is 0 Å². The molecule has 1 heterocycles. The minimum absolute atomic E-state index is 0.175. The molecule has 0 radical (unpaired) electrons. The van der Waals surface area contributed by atoms with Crippen LogP contribution in [0.1, 0.15) is 22.3 Å². The summed E-state index contributed by atoms with van der Waals surface area (Å²) < 4.78 is 9.91. The van der Waals surface area contributed by atoms with Crippen molar-refractivity contribution in [2.24, 2.45) is 5.92 Å². The van der Waals surface area contributed by atoms with Gasteiger partial charge in [-0.1, -0.05) is 30.3 Å². The first-order valence-electron chi connectivity index (χ1n) is 7.56. The highest BCUT2D eigenvalue weighted by molar-refractivity contribution is 6.05. The van der Waals surface area contributed by atoms with Gasteiger partial charge < -0.3 is 14.6 Å². The van der Waals surface area contributed by atoms with Crippen LogP contribution in [0.25, 0.3) is 10.8 Å². The SMILES string of the molecule is COC(=O)c1ccc(CC[C@@H]2OC(=O)[C@H]2CO)c2ccccc12. The highest BCUT2D eigenvalue weighted by Gasteiger charge is 2.41. The Morgan fingerprint density at radius 2 is 1.96 bits per heavy atom. The molecule has 5 nitrogen and oxygen atoms in total. The maximum atomic E-state index is 11.9. The zero-order valence-corrected chi connectivity index (χ0v) is 12.8. The summed E-state index contributed by atoms with van der Waals surface area (Å²) in [6.45, 7) is -0.175. The molecule has 1 aliphatic heterocycles. The van der Waals surface area contributed by atoms with E-state index in [2.05, 4.69) is 0 Å². The van der Waals surface area contributed by atoms with Crippen LogP contribution in [0, 0.1) is 5.92 Å². The number of cyclic esters (lactones) is 1. The quantitative estimate of drug-likeness (QED) is 0.856. The number of benzene rings is 2. The van der Waals surface area contributed by atoms with E-state index < -0.39 is 5.92 Å². The Hall–Kier alpha value is -2.40. The molecule has 23 heavy (non-hydrogen) atoms. The third-order valence-electron chi connectivity index (χ3n) is 4.33. The summed E-state index contributed by atoms with van der Waals surface area (Å²) >= 11 is 0. The first-order valence-corrected chi connectivity index (χ1v) is 7.56. The summed E-state index contributed by atoms with van der Waals surface area (Å²) in [4.78, 5) is 23.1. The Bertz CT molecular complexity index is 752. The van der Waals surface area contributed by atoms with Crippen molar-refractivity contribution in [3.8, 4) is 0 Å². The number of fused-ring (bicyclic) bond motifs is 1. The van der Waals surface area contributed by atoms with Crippen molar-refractivity contribution in [1.29, 1.82) is 0 Å². The minimum Gasteiger partial charge on any atom is -0.465 e. The Morgan fingerprint density at radius 3 is 2.61 bits per heavy atom. The molecule has 0 aromatic heterocycles. The number of esters is 2. The van der Waals surface area contributed by atoms with E-state index in [9.17, 15) is 9.59 Å².